The maximum Gasteiger partial charge on any atom is -0.0103 e. The second kappa shape index (κ2) is 7.60. The molecule has 0 saturated heterocycles. The molecule has 0 atom stereocenters. The Bertz CT molecular complexity index is 226. The zero-order valence-electron chi connectivity index (χ0n) is 9.01. The lowest BCUT2D eigenvalue weighted by atomic mass is 10.1. The Hall–Kier alpha value is -1.04. The lowest BCUT2D eigenvalue weighted by molar-refractivity contribution is 1.10. The van der Waals surface area contributed by atoms with Crippen LogP contribution in [0.4, 0.5) is 0 Å². The zero-order chi connectivity index (χ0) is 10.1. The molecule has 0 heteroatoms. The van der Waals surface area contributed by atoms with Gasteiger partial charge >= 0.3 is 0 Å². The van der Waals surface area contributed by atoms with E-state index in [1.165, 1.54) is 5.57 Å². The van der Waals surface area contributed by atoms with Crippen LogP contribution in [-0.2, 0) is 0 Å². The van der Waals surface area contributed by atoms with Crippen molar-refractivity contribution >= 4 is 0 Å². The van der Waals surface area contributed by atoms with Crippen LogP contribution in [0, 0.1) is 0 Å². The molecule has 0 rings (SSSR count). The highest BCUT2D eigenvalue weighted by atomic mass is 13.9. The molecular weight excluding hydrogens is 156 g/mol. The predicted molar refractivity (Wildman–Crippen MR) is 61.8 cm³/mol. The van der Waals surface area contributed by atoms with Crippen LogP contribution in [0.15, 0.2) is 48.1 Å². The molecule has 0 aliphatic heterocycles. The van der Waals surface area contributed by atoms with Crippen LogP contribution in [0.5, 0.6) is 0 Å². The Morgan fingerprint density at radius 2 is 2.08 bits per heavy atom. The fraction of sp³-hybridized carbons (Fsp3) is 0.385. The van der Waals surface area contributed by atoms with E-state index in [9.17, 15) is 0 Å². The van der Waals surface area contributed by atoms with E-state index in [1.807, 2.05) is 13.0 Å². The molecule has 0 spiro atoms. The Morgan fingerprint density at radius 1 is 1.38 bits per heavy atom. The minimum atomic E-state index is 0.950. The van der Waals surface area contributed by atoms with E-state index >= 15 is 0 Å². The van der Waals surface area contributed by atoms with E-state index in [0.717, 1.165) is 18.4 Å². The highest BCUT2D eigenvalue weighted by Crippen LogP contribution is 2.03. The first kappa shape index (κ1) is 12.0. The van der Waals surface area contributed by atoms with Gasteiger partial charge in [-0.1, -0.05) is 55.0 Å². The van der Waals surface area contributed by atoms with Gasteiger partial charge in [-0.05, 0) is 26.7 Å². The quantitative estimate of drug-likeness (QED) is 0.429. The van der Waals surface area contributed by atoms with Crippen molar-refractivity contribution in [2.24, 2.45) is 0 Å². The van der Waals surface area contributed by atoms with E-state index in [2.05, 4.69) is 44.7 Å². The molecule has 0 saturated carbocycles. The Kier molecular flexibility index (Phi) is 6.99. The average molecular weight is 176 g/mol. The average Bonchev–Trinajstić information content (AvgIpc) is 2.14. The molecular formula is C13H20. The van der Waals surface area contributed by atoms with Crippen molar-refractivity contribution in [1.29, 1.82) is 0 Å². The van der Waals surface area contributed by atoms with Gasteiger partial charge in [-0.15, -0.1) is 0 Å². The summed E-state index contributed by atoms with van der Waals surface area (Å²) in [5.74, 6) is 0. The van der Waals surface area contributed by atoms with Gasteiger partial charge in [0, 0.05) is 0 Å². The van der Waals surface area contributed by atoms with Gasteiger partial charge in [-0.25, -0.2) is 0 Å². The molecule has 0 aromatic heterocycles. The summed E-state index contributed by atoms with van der Waals surface area (Å²) >= 11 is 0. The minimum absolute atomic E-state index is 0.950. The van der Waals surface area contributed by atoms with Crippen molar-refractivity contribution in [3.63, 3.8) is 0 Å². The summed E-state index contributed by atoms with van der Waals surface area (Å²) in [6.07, 6.45) is 12.5. The van der Waals surface area contributed by atoms with Gasteiger partial charge in [-0.3, -0.25) is 0 Å². The molecule has 13 heavy (non-hydrogen) atoms. The summed E-state index contributed by atoms with van der Waals surface area (Å²) in [5.41, 5.74) is 2.55. The summed E-state index contributed by atoms with van der Waals surface area (Å²) < 4.78 is 0. The van der Waals surface area contributed by atoms with Crippen LogP contribution in [-0.4, -0.2) is 0 Å². The highest BCUT2D eigenvalue weighted by molar-refractivity contribution is 5.22. The topological polar surface area (TPSA) is 0 Å². The van der Waals surface area contributed by atoms with Crippen molar-refractivity contribution < 1.29 is 0 Å². The fourth-order valence-electron chi connectivity index (χ4n) is 0.804. The second-order valence-corrected chi connectivity index (χ2v) is 3.16. The summed E-state index contributed by atoms with van der Waals surface area (Å²) in [5, 5.41) is 0. The first-order chi connectivity index (χ1) is 6.20. The Balaban J connectivity index is 3.91. The van der Waals surface area contributed by atoms with Crippen molar-refractivity contribution in [3.8, 4) is 0 Å². The monoisotopic (exact) mass is 176 g/mol. The summed E-state index contributed by atoms with van der Waals surface area (Å²) in [6, 6.07) is 0. The molecule has 0 aromatic carbocycles. The van der Waals surface area contributed by atoms with Crippen LogP contribution in [0.25, 0.3) is 0 Å². The van der Waals surface area contributed by atoms with Crippen LogP contribution < -0.4 is 0 Å². The summed E-state index contributed by atoms with van der Waals surface area (Å²) in [4.78, 5) is 0. The van der Waals surface area contributed by atoms with Gasteiger partial charge in [0.05, 0.1) is 0 Å². The van der Waals surface area contributed by atoms with Crippen molar-refractivity contribution in [3.05, 3.63) is 48.1 Å². The molecule has 0 unspecified atom stereocenters. The lowest BCUT2D eigenvalue weighted by Crippen LogP contribution is -1.72. The third-order valence-corrected chi connectivity index (χ3v) is 1.89. The molecule has 0 amide bonds. The third-order valence-electron chi connectivity index (χ3n) is 1.89. The van der Waals surface area contributed by atoms with E-state index < -0.39 is 0 Å². The van der Waals surface area contributed by atoms with Gasteiger partial charge in [0.2, 0.25) is 0 Å². The van der Waals surface area contributed by atoms with E-state index in [1.54, 1.807) is 0 Å². The lowest BCUT2D eigenvalue weighted by Gasteiger charge is -1.92. The second-order valence-electron chi connectivity index (χ2n) is 3.16. The normalized spacial score (nSPS) is 13.0. The SMILES string of the molecule is C=C(C=CC=C(C)CC)CC=CC. The van der Waals surface area contributed by atoms with Gasteiger partial charge < -0.3 is 0 Å². The van der Waals surface area contributed by atoms with Gasteiger partial charge in [0.1, 0.15) is 0 Å². The third kappa shape index (κ3) is 7.32. The van der Waals surface area contributed by atoms with Crippen molar-refractivity contribution in [2.75, 3.05) is 0 Å². The van der Waals surface area contributed by atoms with Crippen molar-refractivity contribution in [2.45, 2.75) is 33.6 Å². The molecule has 0 bridgehead atoms. The molecule has 0 fully saturated rings. The van der Waals surface area contributed by atoms with Crippen molar-refractivity contribution in [1.82, 2.24) is 0 Å². The molecule has 0 aliphatic rings. The Labute approximate surface area is 82.4 Å². The molecule has 0 heterocycles. The predicted octanol–water partition coefficient (Wildman–Crippen LogP) is 4.42. The summed E-state index contributed by atoms with van der Waals surface area (Å²) in [6.45, 7) is 10.3. The molecule has 0 aliphatic carbocycles. The maximum absolute atomic E-state index is 3.95. The molecule has 0 nitrogen and oxygen atoms in total. The standard InChI is InChI=1S/C13H20/c1-5-7-9-13(4)11-8-10-12(3)6-2/h5,7-8,10-11H,4,6,9H2,1-3H3. The number of allylic oxidation sites excluding steroid dienone is 7. The van der Waals surface area contributed by atoms with Gasteiger partial charge in [0.25, 0.3) is 0 Å². The van der Waals surface area contributed by atoms with Gasteiger partial charge in [0.15, 0.2) is 0 Å². The van der Waals surface area contributed by atoms with Crippen LogP contribution in [0.1, 0.15) is 33.6 Å². The minimum Gasteiger partial charge on any atom is -0.0955 e. The molecule has 0 N–H and O–H groups in total. The maximum atomic E-state index is 3.95. The fourth-order valence-corrected chi connectivity index (χ4v) is 0.804. The smallest absolute Gasteiger partial charge is 0.0103 e. The van der Waals surface area contributed by atoms with Crippen LogP contribution in [0.2, 0.25) is 0 Å². The van der Waals surface area contributed by atoms with E-state index in [4.69, 9.17) is 0 Å². The molecule has 72 valence electrons. The van der Waals surface area contributed by atoms with Gasteiger partial charge in [-0.2, -0.15) is 0 Å². The largest absolute Gasteiger partial charge is 0.0955 e. The zero-order valence-corrected chi connectivity index (χ0v) is 9.01. The number of rotatable bonds is 5. The van der Waals surface area contributed by atoms with Crippen LogP contribution >= 0.6 is 0 Å². The van der Waals surface area contributed by atoms with E-state index in [-0.39, 0.29) is 0 Å². The Morgan fingerprint density at radius 3 is 2.62 bits per heavy atom. The van der Waals surface area contributed by atoms with Crippen LogP contribution in [0.3, 0.4) is 0 Å². The highest BCUT2D eigenvalue weighted by Gasteiger charge is 1.82. The molecule has 0 radical (unpaired) electrons. The first-order valence-corrected chi connectivity index (χ1v) is 4.83. The number of hydrogen-bond donors (Lipinski definition) is 0. The van der Waals surface area contributed by atoms with E-state index in [0.29, 0.717) is 0 Å². The first-order valence-electron chi connectivity index (χ1n) is 4.83. The number of hydrogen-bond acceptors (Lipinski definition) is 0. The summed E-state index contributed by atoms with van der Waals surface area (Å²) in [7, 11) is 0. The molecule has 0 aromatic rings.